The van der Waals surface area contributed by atoms with Crippen LogP contribution in [0.2, 0.25) is 0 Å². The normalized spacial score (nSPS) is 14.9. The average Bonchev–Trinajstić information content (AvgIpc) is 2.74. The second kappa shape index (κ2) is 6.46. The fourth-order valence-electron chi connectivity index (χ4n) is 2.40. The molecule has 2 atom stereocenters. The molecule has 5 heteroatoms. The van der Waals surface area contributed by atoms with Crippen LogP contribution in [0.25, 0.3) is 11.0 Å². The van der Waals surface area contributed by atoms with E-state index in [1.807, 2.05) is 19.1 Å². The van der Waals surface area contributed by atoms with Gasteiger partial charge in [-0.05, 0) is 59.1 Å². The number of halogens is 2. The molecule has 0 spiro atoms. The van der Waals surface area contributed by atoms with E-state index in [4.69, 9.17) is 16.6 Å². The lowest BCUT2D eigenvalue weighted by Gasteiger charge is -2.20. The number of imidazole rings is 1. The van der Waals surface area contributed by atoms with Gasteiger partial charge in [-0.15, -0.1) is 11.6 Å². The Morgan fingerprint density at radius 2 is 2.05 bits per heavy atom. The van der Waals surface area contributed by atoms with Crippen molar-refractivity contribution in [3.05, 3.63) is 28.5 Å². The second-order valence-corrected chi connectivity index (χ2v) is 7.10. The highest BCUT2D eigenvalue weighted by atomic mass is 79.9. The summed E-state index contributed by atoms with van der Waals surface area (Å²) in [6.45, 7) is 5.26. The standard InChI is InChI=1S/C15H21BrClN3/c1-10(7-8-19(3)4)20-14-9-12(16)5-6-13(14)18-15(20)11(2)17/h5-6,9-11H,7-8H2,1-4H3. The first-order valence-corrected chi connectivity index (χ1v) is 8.09. The summed E-state index contributed by atoms with van der Waals surface area (Å²) in [5, 5.41) is -0.0945. The van der Waals surface area contributed by atoms with Crippen LogP contribution < -0.4 is 0 Å². The van der Waals surface area contributed by atoms with E-state index in [0.717, 1.165) is 34.3 Å². The molecule has 0 bridgehead atoms. The molecule has 2 unspecified atom stereocenters. The Labute approximate surface area is 134 Å². The fraction of sp³-hybridized carbons (Fsp3) is 0.533. The molecule has 0 N–H and O–H groups in total. The van der Waals surface area contributed by atoms with Gasteiger partial charge in [-0.25, -0.2) is 4.98 Å². The number of benzene rings is 1. The first-order chi connectivity index (χ1) is 9.40. The lowest BCUT2D eigenvalue weighted by Crippen LogP contribution is -2.18. The van der Waals surface area contributed by atoms with Crippen molar-refractivity contribution in [1.29, 1.82) is 0 Å². The van der Waals surface area contributed by atoms with Crippen LogP contribution in [-0.2, 0) is 0 Å². The second-order valence-electron chi connectivity index (χ2n) is 5.53. The van der Waals surface area contributed by atoms with Crippen molar-refractivity contribution >= 4 is 38.6 Å². The van der Waals surface area contributed by atoms with E-state index >= 15 is 0 Å². The van der Waals surface area contributed by atoms with E-state index in [1.54, 1.807) is 0 Å². The lowest BCUT2D eigenvalue weighted by molar-refractivity contribution is 0.357. The first kappa shape index (κ1) is 15.8. The van der Waals surface area contributed by atoms with Gasteiger partial charge in [-0.3, -0.25) is 0 Å². The number of hydrogen-bond donors (Lipinski definition) is 0. The Morgan fingerprint density at radius 3 is 2.65 bits per heavy atom. The molecule has 0 saturated carbocycles. The summed E-state index contributed by atoms with van der Waals surface area (Å²) < 4.78 is 3.35. The Balaban J connectivity index is 2.47. The Kier molecular flexibility index (Phi) is 5.10. The van der Waals surface area contributed by atoms with Gasteiger partial charge in [0.25, 0.3) is 0 Å². The minimum atomic E-state index is -0.0945. The minimum Gasteiger partial charge on any atom is -0.324 e. The predicted molar refractivity (Wildman–Crippen MR) is 89.6 cm³/mol. The molecule has 0 fully saturated rings. The summed E-state index contributed by atoms with van der Waals surface area (Å²) in [6, 6.07) is 6.55. The van der Waals surface area contributed by atoms with Crippen LogP contribution in [0.3, 0.4) is 0 Å². The van der Waals surface area contributed by atoms with Crippen molar-refractivity contribution < 1.29 is 0 Å². The maximum Gasteiger partial charge on any atom is 0.127 e. The molecule has 1 heterocycles. The molecule has 0 radical (unpaired) electrons. The van der Waals surface area contributed by atoms with Crippen molar-refractivity contribution in [2.45, 2.75) is 31.7 Å². The van der Waals surface area contributed by atoms with Crippen LogP contribution in [0.5, 0.6) is 0 Å². The smallest absolute Gasteiger partial charge is 0.127 e. The van der Waals surface area contributed by atoms with Gasteiger partial charge < -0.3 is 9.47 Å². The average molecular weight is 359 g/mol. The van der Waals surface area contributed by atoms with E-state index in [2.05, 4.69) is 52.5 Å². The number of nitrogens with zero attached hydrogens (tertiary/aromatic N) is 3. The maximum absolute atomic E-state index is 6.32. The number of rotatable bonds is 5. The quantitative estimate of drug-likeness (QED) is 0.728. The molecule has 3 nitrogen and oxygen atoms in total. The molecule has 0 amide bonds. The highest BCUT2D eigenvalue weighted by Gasteiger charge is 2.19. The third kappa shape index (κ3) is 3.35. The van der Waals surface area contributed by atoms with Crippen molar-refractivity contribution in [3.63, 3.8) is 0 Å². The zero-order valence-corrected chi connectivity index (χ0v) is 14.7. The van der Waals surface area contributed by atoms with Gasteiger partial charge in [-0.2, -0.15) is 0 Å². The molecule has 0 saturated heterocycles. The zero-order chi connectivity index (χ0) is 14.9. The van der Waals surface area contributed by atoms with Gasteiger partial charge in [0.1, 0.15) is 5.82 Å². The van der Waals surface area contributed by atoms with E-state index in [1.165, 1.54) is 0 Å². The van der Waals surface area contributed by atoms with Crippen LogP contribution in [0, 0.1) is 0 Å². The molecule has 20 heavy (non-hydrogen) atoms. The summed E-state index contributed by atoms with van der Waals surface area (Å²) in [6.07, 6.45) is 1.07. The highest BCUT2D eigenvalue weighted by Crippen LogP contribution is 2.30. The number of fused-ring (bicyclic) bond motifs is 1. The molecule has 0 aliphatic carbocycles. The van der Waals surface area contributed by atoms with Crippen LogP contribution in [0.4, 0.5) is 0 Å². The third-order valence-corrected chi connectivity index (χ3v) is 4.16. The largest absolute Gasteiger partial charge is 0.324 e. The van der Waals surface area contributed by atoms with Crippen LogP contribution in [0.1, 0.15) is 37.5 Å². The van der Waals surface area contributed by atoms with Gasteiger partial charge in [0.2, 0.25) is 0 Å². The van der Waals surface area contributed by atoms with Crippen LogP contribution in [0.15, 0.2) is 22.7 Å². The van der Waals surface area contributed by atoms with Crippen molar-refractivity contribution in [3.8, 4) is 0 Å². The summed E-state index contributed by atoms with van der Waals surface area (Å²) >= 11 is 9.86. The monoisotopic (exact) mass is 357 g/mol. The summed E-state index contributed by atoms with van der Waals surface area (Å²) in [4.78, 5) is 6.90. The van der Waals surface area contributed by atoms with E-state index in [0.29, 0.717) is 6.04 Å². The third-order valence-electron chi connectivity index (χ3n) is 3.47. The van der Waals surface area contributed by atoms with Crippen LogP contribution in [-0.4, -0.2) is 35.1 Å². The molecule has 2 aromatic rings. The summed E-state index contributed by atoms with van der Waals surface area (Å²) in [5.41, 5.74) is 2.15. The molecule has 110 valence electrons. The van der Waals surface area contributed by atoms with Crippen LogP contribution >= 0.6 is 27.5 Å². The van der Waals surface area contributed by atoms with Gasteiger partial charge in [-0.1, -0.05) is 15.9 Å². The van der Waals surface area contributed by atoms with E-state index in [9.17, 15) is 0 Å². The number of aromatic nitrogens is 2. The maximum atomic E-state index is 6.32. The topological polar surface area (TPSA) is 21.1 Å². The molecule has 0 aliphatic rings. The predicted octanol–water partition coefficient (Wildman–Crippen LogP) is 4.61. The molecule has 2 rings (SSSR count). The van der Waals surface area contributed by atoms with Gasteiger partial charge >= 0.3 is 0 Å². The molecule has 1 aromatic heterocycles. The van der Waals surface area contributed by atoms with Gasteiger partial charge in [0.05, 0.1) is 16.4 Å². The molecular weight excluding hydrogens is 338 g/mol. The van der Waals surface area contributed by atoms with Gasteiger partial charge in [0.15, 0.2) is 0 Å². The van der Waals surface area contributed by atoms with Crippen molar-refractivity contribution in [2.75, 3.05) is 20.6 Å². The Morgan fingerprint density at radius 1 is 1.35 bits per heavy atom. The Hall–Kier alpha value is -0.580. The summed E-state index contributed by atoms with van der Waals surface area (Å²) in [7, 11) is 4.20. The SMILES string of the molecule is CC(Cl)c1nc2ccc(Br)cc2n1C(C)CCN(C)C. The number of alkyl halides is 1. The van der Waals surface area contributed by atoms with Gasteiger partial charge in [0, 0.05) is 10.5 Å². The molecule has 1 aromatic carbocycles. The first-order valence-electron chi connectivity index (χ1n) is 6.86. The minimum absolute atomic E-state index is 0.0945. The lowest BCUT2D eigenvalue weighted by atomic mass is 10.2. The number of hydrogen-bond acceptors (Lipinski definition) is 2. The van der Waals surface area contributed by atoms with Crippen molar-refractivity contribution in [2.24, 2.45) is 0 Å². The molecule has 0 aliphatic heterocycles. The zero-order valence-electron chi connectivity index (χ0n) is 12.4. The Bertz CT molecular complexity index is 592. The van der Waals surface area contributed by atoms with Crippen molar-refractivity contribution in [1.82, 2.24) is 14.5 Å². The highest BCUT2D eigenvalue weighted by molar-refractivity contribution is 9.10. The van der Waals surface area contributed by atoms with E-state index < -0.39 is 0 Å². The fourth-order valence-corrected chi connectivity index (χ4v) is 2.91. The van der Waals surface area contributed by atoms with E-state index in [-0.39, 0.29) is 5.38 Å². The molecular formula is C15H21BrClN3. The summed E-state index contributed by atoms with van der Waals surface area (Å²) in [5.74, 6) is 0.950.